The smallest absolute Gasteiger partial charge is 0.318 e. The molecule has 6 aliphatic rings. The van der Waals surface area contributed by atoms with E-state index in [-0.39, 0.29) is 52.4 Å². The van der Waals surface area contributed by atoms with E-state index < -0.39 is 11.4 Å². The van der Waals surface area contributed by atoms with Crippen LogP contribution in [0, 0.1) is 51.8 Å². The van der Waals surface area contributed by atoms with Gasteiger partial charge >= 0.3 is 17.9 Å². The molecule has 1 heterocycles. The van der Waals surface area contributed by atoms with Gasteiger partial charge in [-0.3, -0.25) is 14.4 Å². The second-order valence-electron chi connectivity index (χ2n) is 11.2. The number of carbonyl (C=O) groups excluding carboxylic acids is 2. The van der Waals surface area contributed by atoms with Gasteiger partial charge < -0.3 is 9.84 Å². The maximum atomic E-state index is 12.9. The van der Waals surface area contributed by atoms with Gasteiger partial charge in [0.15, 0.2) is 0 Å². The van der Waals surface area contributed by atoms with Gasteiger partial charge in [-0.2, -0.15) is 0 Å². The van der Waals surface area contributed by atoms with E-state index in [1.807, 2.05) is 6.92 Å². The summed E-state index contributed by atoms with van der Waals surface area (Å²) in [6.07, 6.45) is 7.48. The van der Waals surface area contributed by atoms with Gasteiger partial charge in [0.2, 0.25) is 0 Å². The van der Waals surface area contributed by atoms with Crippen molar-refractivity contribution in [2.75, 3.05) is 0 Å². The first-order valence-electron chi connectivity index (χ1n) is 11.3. The van der Waals surface area contributed by atoms with Crippen LogP contribution in [0.25, 0.3) is 0 Å². The Balaban J connectivity index is 1.67. The molecule has 6 rings (SSSR count). The fraction of sp³-hybridized carbons (Fsp3) is 0.792. The molecule has 4 fully saturated rings. The van der Waals surface area contributed by atoms with Gasteiger partial charge in [-0.1, -0.05) is 38.8 Å². The van der Waals surface area contributed by atoms with Gasteiger partial charge in [0, 0.05) is 5.41 Å². The Morgan fingerprint density at radius 3 is 2.52 bits per heavy atom. The molecule has 0 aromatic rings. The number of carbonyl (C=O) groups is 3. The number of ether oxygens (including phenoxy) is 1. The lowest BCUT2D eigenvalue weighted by molar-refractivity contribution is -0.195. The van der Waals surface area contributed by atoms with Crippen LogP contribution in [-0.2, 0) is 19.1 Å². The zero-order valence-electron chi connectivity index (χ0n) is 17.9. The van der Waals surface area contributed by atoms with Crippen LogP contribution in [0.2, 0.25) is 0 Å². The molecule has 1 aliphatic heterocycles. The molecular weight excluding hydrogens is 368 g/mol. The first-order valence-corrected chi connectivity index (χ1v) is 11.3. The highest BCUT2D eigenvalue weighted by molar-refractivity contribution is 5.98. The Kier molecular flexibility index (Phi) is 3.82. The van der Waals surface area contributed by atoms with Gasteiger partial charge in [0.1, 0.15) is 0 Å². The lowest BCUT2D eigenvalue weighted by Gasteiger charge is -2.68. The predicted molar refractivity (Wildman–Crippen MR) is 105 cm³/mol. The molecule has 5 aliphatic carbocycles. The molecule has 2 bridgehead atoms. The molecule has 0 radical (unpaired) electrons. The van der Waals surface area contributed by atoms with E-state index in [1.54, 1.807) is 0 Å². The topological polar surface area (TPSA) is 80.7 Å². The van der Waals surface area contributed by atoms with Crippen molar-refractivity contribution < 1.29 is 24.2 Å². The van der Waals surface area contributed by atoms with Crippen LogP contribution in [0.3, 0.4) is 0 Å². The first kappa shape index (κ1) is 19.3. The zero-order chi connectivity index (χ0) is 20.9. The quantitative estimate of drug-likeness (QED) is 0.427. The van der Waals surface area contributed by atoms with Crippen molar-refractivity contribution in [3.05, 3.63) is 11.6 Å². The highest BCUT2D eigenvalue weighted by Crippen LogP contribution is 2.74. The first-order chi connectivity index (χ1) is 13.6. The Hall–Kier alpha value is -1.65. The highest BCUT2D eigenvalue weighted by atomic mass is 16.6. The standard InChI is InChI=1S/C24H32O5/c1-12(2)14-11-24-9-6-15-22(3,7-5-8-23(15,4)21(27)28)16(24)10-13(14)17-18(24)20(26)29-19(17)25/h11-13,15-18H,5-10H2,1-4H3,(H,27,28)/t13-,15+,16-,17+,18+,22-,23+,24+/m0/s1. The lowest BCUT2D eigenvalue weighted by Crippen LogP contribution is -2.65. The number of esters is 2. The molecule has 1 saturated heterocycles. The van der Waals surface area contributed by atoms with E-state index in [1.165, 1.54) is 5.57 Å². The van der Waals surface area contributed by atoms with Gasteiger partial charge in [0.05, 0.1) is 17.3 Å². The molecule has 29 heavy (non-hydrogen) atoms. The van der Waals surface area contributed by atoms with Gasteiger partial charge in [-0.25, -0.2) is 0 Å². The number of cyclic esters (lactones) is 2. The average molecular weight is 401 g/mol. The molecule has 0 aromatic heterocycles. The predicted octanol–water partition coefficient (Wildman–Crippen LogP) is 4.21. The number of carboxylic acids is 1. The van der Waals surface area contributed by atoms with Crippen molar-refractivity contribution in [2.45, 2.75) is 66.2 Å². The number of aliphatic carboxylic acids is 1. The Morgan fingerprint density at radius 1 is 1.14 bits per heavy atom. The van der Waals surface area contributed by atoms with Crippen molar-refractivity contribution >= 4 is 17.9 Å². The summed E-state index contributed by atoms with van der Waals surface area (Å²) in [5.74, 6) is -1.33. The minimum atomic E-state index is -0.707. The van der Waals surface area contributed by atoms with Gasteiger partial charge in [-0.15, -0.1) is 0 Å². The SMILES string of the molecule is CC(C)C1=C[C@]23CC[C@@H]4[C@](C)(CCC[C@@]4(C)C(=O)O)[C@@H]2C[C@@H]1[C@H]1C(=O)OC(=O)[C@@H]13. The molecule has 0 unspecified atom stereocenters. The van der Waals surface area contributed by atoms with Crippen LogP contribution in [0.4, 0.5) is 0 Å². The maximum absolute atomic E-state index is 12.9. The molecule has 3 saturated carbocycles. The molecule has 0 amide bonds. The average Bonchev–Trinajstić information content (AvgIpc) is 2.97. The normalized spacial score (nSPS) is 50.5. The van der Waals surface area contributed by atoms with Crippen LogP contribution in [0.1, 0.15) is 66.2 Å². The lowest BCUT2D eigenvalue weighted by atomic mass is 9.34. The van der Waals surface area contributed by atoms with Gasteiger partial charge in [-0.05, 0) is 68.1 Å². The summed E-state index contributed by atoms with van der Waals surface area (Å²) in [6.45, 7) is 8.56. The molecule has 1 N–H and O–H groups in total. The van der Waals surface area contributed by atoms with Crippen LogP contribution >= 0.6 is 0 Å². The number of hydrogen-bond acceptors (Lipinski definition) is 4. The van der Waals surface area contributed by atoms with Crippen LogP contribution in [0.5, 0.6) is 0 Å². The Labute approximate surface area is 172 Å². The van der Waals surface area contributed by atoms with E-state index in [2.05, 4.69) is 26.8 Å². The van der Waals surface area contributed by atoms with Crippen molar-refractivity contribution in [3.8, 4) is 0 Å². The molecule has 5 heteroatoms. The number of carboxylic acid groups (broad SMARTS) is 1. The van der Waals surface area contributed by atoms with Crippen LogP contribution < -0.4 is 0 Å². The molecule has 1 spiro atoms. The third-order valence-corrected chi connectivity index (χ3v) is 9.89. The van der Waals surface area contributed by atoms with E-state index in [4.69, 9.17) is 4.74 Å². The Bertz CT molecular complexity index is 842. The third-order valence-electron chi connectivity index (χ3n) is 9.89. The summed E-state index contributed by atoms with van der Waals surface area (Å²) in [7, 11) is 0. The summed E-state index contributed by atoms with van der Waals surface area (Å²) in [6, 6.07) is 0. The number of rotatable bonds is 2. The Morgan fingerprint density at radius 2 is 1.86 bits per heavy atom. The molecule has 5 nitrogen and oxygen atoms in total. The van der Waals surface area contributed by atoms with Crippen molar-refractivity contribution in [2.24, 2.45) is 51.8 Å². The maximum Gasteiger partial charge on any atom is 0.318 e. The third kappa shape index (κ3) is 2.14. The van der Waals surface area contributed by atoms with Gasteiger partial charge in [0.25, 0.3) is 0 Å². The zero-order valence-corrected chi connectivity index (χ0v) is 17.9. The van der Waals surface area contributed by atoms with E-state index >= 15 is 0 Å². The van der Waals surface area contributed by atoms with E-state index in [0.29, 0.717) is 5.92 Å². The molecule has 158 valence electrons. The fourth-order valence-electron chi connectivity index (χ4n) is 8.76. The van der Waals surface area contributed by atoms with E-state index in [9.17, 15) is 19.5 Å². The summed E-state index contributed by atoms with van der Waals surface area (Å²) in [4.78, 5) is 37.8. The van der Waals surface area contributed by atoms with Crippen molar-refractivity contribution in [1.82, 2.24) is 0 Å². The minimum Gasteiger partial charge on any atom is -0.481 e. The van der Waals surface area contributed by atoms with Crippen molar-refractivity contribution in [1.29, 1.82) is 0 Å². The number of hydrogen-bond donors (Lipinski definition) is 1. The number of fused-ring (bicyclic) bond motifs is 1. The number of allylic oxidation sites excluding steroid dienone is 2. The molecule has 8 atom stereocenters. The monoisotopic (exact) mass is 400 g/mol. The summed E-state index contributed by atoms with van der Waals surface area (Å²) in [5, 5.41) is 10.1. The highest BCUT2D eigenvalue weighted by Gasteiger charge is 2.73. The largest absolute Gasteiger partial charge is 0.481 e. The second-order valence-corrected chi connectivity index (χ2v) is 11.2. The summed E-state index contributed by atoms with van der Waals surface area (Å²) < 4.78 is 5.20. The van der Waals surface area contributed by atoms with E-state index in [0.717, 1.165) is 38.5 Å². The second kappa shape index (κ2) is 5.73. The summed E-state index contributed by atoms with van der Waals surface area (Å²) in [5.41, 5.74) is 0.122. The van der Waals surface area contributed by atoms with Crippen LogP contribution in [-0.4, -0.2) is 23.0 Å². The fourth-order valence-corrected chi connectivity index (χ4v) is 8.76. The minimum absolute atomic E-state index is 0.0550. The summed E-state index contributed by atoms with van der Waals surface area (Å²) >= 11 is 0. The van der Waals surface area contributed by atoms with Crippen molar-refractivity contribution in [3.63, 3.8) is 0 Å². The molecular formula is C24H32O5. The van der Waals surface area contributed by atoms with Crippen LogP contribution in [0.15, 0.2) is 11.6 Å². The molecule has 0 aromatic carbocycles.